The van der Waals surface area contributed by atoms with Gasteiger partial charge in [0.05, 0.1) is 23.0 Å². The first-order valence-corrected chi connectivity index (χ1v) is 10.1. The second kappa shape index (κ2) is 8.53. The molecule has 1 aromatic heterocycles. The number of hydrogen-bond donors (Lipinski definition) is 0. The molecule has 3 rings (SSSR count). The van der Waals surface area contributed by atoms with Crippen LogP contribution in [0.25, 0.3) is 10.8 Å². The van der Waals surface area contributed by atoms with Crippen LogP contribution < -0.4 is 5.56 Å². The van der Waals surface area contributed by atoms with Crippen molar-refractivity contribution in [2.24, 2.45) is 0 Å². The van der Waals surface area contributed by atoms with Crippen LogP contribution >= 0.6 is 0 Å². The molecule has 1 amide bonds. The highest BCUT2D eigenvalue weighted by Crippen LogP contribution is 2.32. The van der Waals surface area contributed by atoms with E-state index in [1.54, 1.807) is 58.0 Å². The van der Waals surface area contributed by atoms with Gasteiger partial charge in [0.2, 0.25) is 0 Å². The summed E-state index contributed by atoms with van der Waals surface area (Å²) in [5, 5.41) is 5.13. The molecule has 1 atom stereocenters. The number of halogens is 3. The number of fused-ring (bicyclic) bond motifs is 1. The number of aromatic nitrogens is 2. The first-order valence-electron chi connectivity index (χ1n) is 10.1. The summed E-state index contributed by atoms with van der Waals surface area (Å²) < 4.78 is 40.7. The number of benzene rings is 2. The molecule has 0 saturated carbocycles. The number of amides is 1. The van der Waals surface area contributed by atoms with Gasteiger partial charge in [-0.2, -0.15) is 18.3 Å². The summed E-state index contributed by atoms with van der Waals surface area (Å²) >= 11 is 0. The van der Waals surface area contributed by atoms with Crippen molar-refractivity contribution < 1.29 is 18.0 Å². The van der Waals surface area contributed by atoms with Crippen molar-refractivity contribution in [1.29, 1.82) is 0 Å². The number of hydrogen-bond acceptors (Lipinski definition) is 3. The van der Waals surface area contributed by atoms with Crippen LogP contribution in [0, 0.1) is 0 Å². The van der Waals surface area contributed by atoms with E-state index in [0.717, 1.165) is 12.1 Å². The van der Waals surface area contributed by atoms with Gasteiger partial charge in [0.25, 0.3) is 11.5 Å². The lowest BCUT2D eigenvalue weighted by Gasteiger charge is -2.29. The molecule has 0 N–H and O–H groups in total. The number of alkyl halides is 3. The normalized spacial score (nSPS) is 12.9. The predicted octanol–water partition coefficient (Wildman–Crippen LogP) is 5.22. The van der Waals surface area contributed by atoms with Crippen molar-refractivity contribution in [1.82, 2.24) is 14.7 Å². The molecule has 1 unspecified atom stereocenters. The Hall–Kier alpha value is -3.16. The fraction of sp³-hybridized carbons (Fsp3) is 0.348. The maximum Gasteiger partial charge on any atom is 0.416 e. The first-order chi connectivity index (χ1) is 14.6. The van der Waals surface area contributed by atoms with Crippen LogP contribution in [0.15, 0.2) is 53.3 Å². The predicted molar refractivity (Wildman–Crippen MR) is 113 cm³/mol. The van der Waals surface area contributed by atoms with Crippen LogP contribution in [0.1, 0.15) is 61.4 Å². The largest absolute Gasteiger partial charge is 0.416 e. The van der Waals surface area contributed by atoms with Crippen LogP contribution in [0.3, 0.4) is 0 Å². The third-order valence-electron chi connectivity index (χ3n) is 5.29. The summed E-state index contributed by atoms with van der Waals surface area (Å²) in [6.45, 7) is 7.27. The van der Waals surface area contributed by atoms with Crippen LogP contribution in [0.5, 0.6) is 0 Å². The van der Waals surface area contributed by atoms with Crippen LogP contribution in [0.2, 0.25) is 0 Å². The van der Waals surface area contributed by atoms with Gasteiger partial charge in [0.15, 0.2) is 5.69 Å². The van der Waals surface area contributed by atoms with Gasteiger partial charge in [-0.15, -0.1) is 0 Å². The van der Waals surface area contributed by atoms with Crippen molar-refractivity contribution in [3.05, 3.63) is 75.7 Å². The van der Waals surface area contributed by atoms with E-state index >= 15 is 0 Å². The lowest BCUT2D eigenvalue weighted by molar-refractivity contribution is -0.137. The van der Waals surface area contributed by atoms with E-state index in [1.165, 1.54) is 15.6 Å². The van der Waals surface area contributed by atoms with Gasteiger partial charge in [-0.25, -0.2) is 4.68 Å². The van der Waals surface area contributed by atoms with Gasteiger partial charge in [0, 0.05) is 11.9 Å². The summed E-state index contributed by atoms with van der Waals surface area (Å²) in [5.74, 6) is -0.446. The Kier molecular flexibility index (Phi) is 6.20. The minimum absolute atomic E-state index is 0.101. The summed E-state index contributed by atoms with van der Waals surface area (Å²) in [5.41, 5.74) is -0.593. The summed E-state index contributed by atoms with van der Waals surface area (Å²) in [6.07, 6.45) is -4.47. The highest BCUT2D eigenvalue weighted by molar-refractivity contribution is 6.04. The molecule has 0 radical (unpaired) electrons. The highest BCUT2D eigenvalue weighted by Gasteiger charge is 2.32. The fourth-order valence-electron chi connectivity index (χ4n) is 3.60. The van der Waals surface area contributed by atoms with Crippen molar-refractivity contribution in [2.45, 2.75) is 46.0 Å². The fourth-order valence-corrected chi connectivity index (χ4v) is 3.60. The van der Waals surface area contributed by atoms with Gasteiger partial charge in [-0.3, -0.25) is 9.59 Å². The minimum atomic E-state index is -4.47. The van der Waals surface area contributed by atoms with Gasteiger partial charge < -0.3 is 4.90 Å². The molecule has 1 heterocycles. The zero-order valence-electron chi connectivity index (χ0n) is 17.8. The number of carbonyl (C=O) groups excluding carboxylic acids is 1. The van der Waals surface area contributed by atoms with Gasteiger partial charge in [0.1, 0.15) is 0 Å². The molecule has 0 fully saturated rings. The maximum absolute atomic E-state index is 13.5. The molecule has 8 heteroatoms. The third-order valence-corrected chi connectivity index (χ3v) is 5.29. The Labute approximate surface area is 178 Å². The SMILES string of the molecule is CCN(C(=O)c1nn(C(C)C)c(=O)c2ccccc12)C(C)c1cccc(C(F)(F)F)c1. The highest BCUT2D eigenvalue weighted by atomic mass is 19.4. The lowest BCUT2D eigenvalue weighted by Crippen LogP contribution is -2.36. The molecule has 0 bridgehead atoms. The maximum atomic E-state index is 13.5. The number of carbonyl (C=O) groups is 1. The molecule has 164 valence electrons. The Balaban J connectivity index is 2.10. The van der Waals surface area contributed by atoms with E-state index in [9.17, 15) is 22.8 Å². The lowest BCUT2D eigenvalue weighted by atomic mass is 10.0. The molecule has 0 aliphatic heterocycles. The standard InChI is InChI=1S/C23H24F3N3O2/c1-5-28(15(4)16-9-8-10-17(13-16)23(24,25)26)22(31)20-18-11-6-7-12-19(18)21(30)29(27-20)14(2)3/h6-15H,5H2,1-4H3. The summed E-state index contributed by atoms with van der Waals surface area (Å²) in [7, 11) is 0. The quantitative estimate of drug-likeness (QED) is 0.557. The Morgan fingerprint density at radius 3 is 2.29 bits per heavy atom. The second-order valence-electron chi connectivity index (χ2n) is 7.63. The van der Waals surface area contributed by atoms with Gasteiger partial charge >= 0.3 is 6.18 Å². The molecular formula is C23H24F3N3O2. The number of rotatable bonds is 5. The second-order valence-corrected chi connectivity index (χ2v) is 7.63. The summed E-state index contributed by atoms with van der Waals surface area (Å²) in [6, 6.07) is 10.8. The average Bonchev–Trinajstić information content (AvgIpc) is 2.73. The van der Waals surface area contributed by atoms with Crippen molar-refractivity contribution in [2.75, 3.05) is 6.54 Å². The van der Waals surface area contributed by atoms with Crippen molar-refractivity contribution >= 4 is 16.7 Å². The van der Waals surface area contributed by atoms with Crippen LogP contribution in [-0.4, -0.2) is 27.1 Å². The average molecular weight is 431 g/mol. The van der Waals surface area contributed by atoms with Crippen LogP contribution in [-0.2, 0) is 6.18 Å². The van der Waals surface area contributed by atoms with Crippen molar-refractivity contribution in [3.63, 3.8) is 0 Å². The number of nitrogens with zero attached hydrogens (tertiary/aromatic N) is 3. The van der Waals surface area contributed by atoms with E-state index in [0.29, 0.717) is 16.3 Å². The van der Waals surface area contributed by atoms with E-state index in [2.05, 4.69) is 5.10 Å². The molecule has 0 saturated heterocycles. The van der Waals surface area contributed by atoms with Gasteiger partial charge in [-0.1, -0.05) is 30.3 Å². The van der Waals surface area contributed by atoms with Crippen molar-refractivity contribution in [3.8, 4) is 0 Å². The first kappa shape index (κ1) is 22.5. The smallest absolute Gasteiger partial charge is 0.331 e. The molecule has 31 heavy (non-hydrogen) atoms. The minimum Gasteiger partial charge on any atom is -0.331 e. The molecule has 2 aromatic carbocycles. The molecule has 5 nitrogen and oxygen atoms in total. The Bertz CT molecular complexity index is 1170. The van der Waals surface area contributed by atoms with E-state index in [1.807, 2.05) is 0 Å². The summed E-state index contributed by atoms with van der Waals surface area (Å²) in [4.78, 5) is 27.7. The molecule has 0 aliphatic carbocycles. The monoisotopic (exact) mass is 431 g/mol. The Morgan fingerprint density at radius 1 is 1.06 bits per heavy atom. The molecule has 3 aromatic rings. The molecule has 0 aliphatic rings. The molecular weight excluding hydrogens is 407 g/mol. The topological polar surface area (TPSA) is 55.2 Å². The van der Waals surface area contributed by atoms with E-state index in [4.69, 9.17) is 0 Å². The van der Waals surface area contributed by atoms with Crippen LogP contribution in [0.4, 0.5) is 13.2 Å². The Morgan fingerprint density at radius 2 is 1.71 bits per heavy atom. The van der Waals surface area contributed by atoms with E-state index in [-0.39, 0.29) is 23.8 Å². The molecule has 0 spiro atoms. The van der Waals surface area contributed by atoms with E-state index < -0.39 is 23.7 Å². The van der Waals surface area contributed by atoms with Gasteiger partial charge in [-0.05, 0) is 51.5 Å². The zero-order valence-corrected chi connectivity index (χ0v) is 17.8. The third kappa shape index (κ3) is 4.33. The zero-order chi connectivity index (χ0) is 22.9.